The third kappa shape index (κ3) is 9.60. The van der Waals surface area contributed by atoms with E-state index in [1.165, 1.54) is 33.4 Å². The molecule has 0 heterocycles. The Labute approximate surface area is 450 Å². The van der Waals surface area contributed by atoms with Gasteiger partial charge in [-0.05, 0) is 154 Å². The lowest BCUT2D eigenvalue weighted by molar-refractivity contribution is 0.415. The number of para-hydroxylation sites is 2. The Balaban J connectivity index is 0.997. The van der Waals surface area contributed by atoms with Gasteiger partial charge in [-0.1, -0.05) is 153 Å². The minimum absolute atomic E-state index is 0.407. The second kappa shape index (κ2) is 20.8. The van der Waals surface area contributed by atoms with Crippen molar-refractivity contribution in [3.8, 4) is 67.5 Å². The number of ether oxygens (including phenoxy) is 4. The molecule has 2 aliphatic carbocycles. The van der Waals surface area contributed by atoms with E-state index in [-0.39, 0.29) is 0 Å². The van der Waals surface area contributed by atoms with Crippen molar-refractivity contribution in [1.29, 1.82) is 0 Å². The Morgan fingerprint density at radius 2 is 0.608 bits per heavy atom. The zero-order valence-electron chi connectivity index (χ0n) is 41.7. The molecule has 0 N–H and O–H groups in total. The second-order valence-electron chi connectivity index (χ2n) is 19.3. The highest BCUT2D eigenvalue weighted by Gasteiger charge is 2.43. The fourth-order valence-corrected chi connectivity index (χ4v) is 11.5. The summed E-state index contributed by atoms with van der Waals surface area (Å²) in [4.78, 5) is 11.2. The number of hydrogen-bond acceptors (Lipinski definition) is 6. The Hall–Kier alpha value is -7.52. The highest BCUT2D eigenvalue weighted by Crippen LogP contribution is 2.48. The van der Waals surface area contributed by atoms with Crippen LogP contribution in [-0.4, -0.2) is 40.9 Å². The Kier molecular flexibility index (Phi) is 13.7. The molecule has 11 rings (SSSR count). The van der Waals surface area contributed by atoms with Gasteiger partial charge in [-0.15, -0.1) is 0 Å². The summed E-state index contributed by atoms with van der Waals surface area (Å²) >= 11 is 7.46. The third-order valence-corrected chi connectivity index (χ3v) is 16.0. The first-order chi connectivity index (χ1) is 36.2. The molecule has 9 aromatic carbocycles. The summed E-state index contributed by atoms with van der Waals surface area (Å²) in [6.45, 7) is 0. The van der Waals surface area contributed by atoms with Crippen molar-refractivity contribution >= 4 is 55.7 Å². The van der Waals surface area contributed by atoms with E-state index in [0.717, 1.165) is 114 Å². The average Bonchev–Trinajstić information content (AvgIpc) is 4.02. The van der Waals surface area contributed by atoms with Crippen LogP contribution in [0.3, 0.4) is 0 Å². The SMILES string of the molecule is COc1ccc(-c2cccc(-c3ccc(OC)cc3)c2N=CC2(c3ccc(Br)cc3)Cc3cc4c(cc3C2)CC(C=Nc2c(-c3ccc(OC)cc3)cccc2-c2ccc(OC)cc2)(c2ccc(Br)cc2)C4)cc1. The topological polar surface area (TPSA) is 61.6 Å². The van der Waals surface area contributed by atoms with Crippen LogP contribution in [0.25, 0.3) is 44.5 Å². The lowest BCUT2D eigenvalue weighted by atomic mass is 9.78. The largest absolute Gasteiger partial charge is 0.497 e. The first-order valence-corrected chi connectivity index (χ1v) is 26.4. The molecule has 0 radical (unpaired) electrons. The molecule has 74 heavy (non-hydrogen) atoms. The van der Waals surface area contributed by atoms with Gasteiger partial charge in [0.1, 0.15) is 23.0 Å². The smallest absolute Gasteiger partial charge is 0.118 e. The highest BCUT2D eigenvalue weighted by atomic mass is 79.9. The molecule has 0 amide bonds. The minimum Gasteiger partial charge on any atom is -0.497 e. The zero-order valence-corrected chi connectivity index (χ0v) is 44.9. The van der Waals surface area contributed by atoms with E-state index in [1.54, 1.807) is 28.4 Å². The summed E-state index contributed by atoms with van der Waals surface area (Å²) in [5.41, 5.74) is 17.3. The molecular formula is C66H54Br2N2O4. The van der Waals surface area contributed by atoms with Crippen molar-refractivity contribution in [3.05, 3.63) is 236 Å². The van der Waals surface area contributed by atoms with Gasteiger partial charge < -0.3 is 18.9 Å². The van der Waals surface area contributed by atoms with Gasteiger partial charge in [-0.3, -0.25) is 9.98 Å². The molecule has 2 aliphatic rings. The van der Waals surface area contributed by atoms with Crippen LogP contribution in [0.2, 0.25) is 0 Å². The van der Waals surface area contributed by atoms with Crippen LogP contribution in [0.15, 0.2) is 213 Å². The second-order valence-corrected chi connectivity index (χ2v) is 21.1. The molecule has 0 bridgehead atoms. The van der Waals surface area contributed by atoms with Crippen LogP contribution >= 0.6 is 31.9 Å². The number of halogens is 2. The average molecular weight is 1100 g/mol. The molecule has 0 fully saturated rings. The summed E-state index contributed by atoms with van der Waals surface area (Å²) in [5, 5.41) is 0. The van der Waals surface area contributed by atoms with Gasteiger partial charge in [-0.25, -0.2) is 0 Å². The molecule has 9 aromatic rings. The third-order valence-electron chi connectivity index (χ3n) is 14.9. The van der Waals surface area contributed by atoms with Crippen molar-refractivity contribution in [3.63, 3.8) is 0 Å². The van der Waals surface area contributed by atoms with Crippen molar-refractivity contribution in [2.45, 2.75) is 36.5 Å². The first kappa shape index (κ1) is 48.7. The fraction of sp³-hybridized carbons (Fsp3) is 0.152. The van der Waals surface area contributed by atoms with Gasteiger partial charge >= 0.3 is 0 Å². The molecule has 0 aliphatic heterocycles. The standard InChI is InChI=1S/C66H54Br2N2O4/c1-71-55-27-11-43(12-28-55)59-7-5-8-60(44-13-29-56(72-2)30-14-44)63(59)69-41-65(51-19-23-53(67)24-20-51)37-47-35-49-39-66(40-50(49)36-48(47)38-65,52-21-25-54(68)26-22-52)42-70-64-61(45-15-31-57(73-3)32-16-45)9-6-10-62(64)46-17-33-58(74-4)34-18-46/h5-36,41-42H,37-40H2,1-4H3. The van der Waals surface area contributed by atoms with Crippen LogP contribution in [0.4, 0.5) is 11.4 Å². The first-order valence-electron chi connectivity index (χ1n) is 24.8. The minimum atomic E-state index is -0.407. The summed E-state index contributed by atoms with van der Waals surface area (Å²) in [6, 6.07) is 68.5. The molecule has 366 valence electrons. The molecule has 6 nitrogen and oxygen atoms in total. The van der Waals surface area contributed by atoms with E-state index in [9.17, 15) is 0 Å². The zero-order chi connectivity index (χ0) is 50.8. The predicted molar refractivity (Wildman–Crippen MR) is 310 cm³/mol. The Morgan fingerprint density at radius 1 is 0.351 bits per heavy atom. The van der Waals surface area contributed by atoms with Gasteiger partial charge in [0.05, 0.1) is 39.8 Å². The van der Waals surface area contributed by atoms with Crippen LogP contribution in [0.1, 0.15) is 33.4 Å². The van der Waals surface area contributed by atoms with Crippen LogP contribution in [-0.2, 0) is 36.5 Å². The summed E-state index contributed by atoms with van der Waals surface area (Å²) in [7, 11) is 6.79. The number of hydrogen-bond donors (Lipinski definition) is 0. The van der Waals surface area contributed by atoms with Crippen LogP contribution in [0, 0.1) is 0 Å². The molecule has 0 atom stereocenters. The van der Waals surface area contributed by atoms with Crippen molar-refractivity contribution in [2.24, 2.45) is 9.98 Å². The van der Waals surface area contributed by atoms with Crippen molar-refractivity contribution in [1.82, 2.24) is 0 Å². The number of benzene rings is 9. The van der Waals surface area contributed by atoms with Crippen LogP contribution < -0.4 is 18.9 Å². The Bertz CT molecular complexity index is 3130. The van der Waals surface area contributed by atoms with Crippen molar-refractivity contribution in [2.75, 3.05) is 28.4 Å². The number of aliphatic imine (C=N–C) groups is 2. The quantitative estimate of drug-likeness (QED) is 0.102. The van der Waals surface area contributed by atoms with Crippen LogP contribution in [0.5, 0.6) is 23.0 Å². The summed E-state index contributed by atoms with van der Waals surface area (Å²) in [5.74, 6) is 3.24. The molecule has 0 unspecified atom stereocenters. The van der Waals surface area contributed by atoms with Gasteiger partial charge in [0, 0.05) is 54.5 Å². The molecule has 0 saturated carbocycles. The Morgan fingerprint density at radius 3 is 0.851 bits per heavy atom. The van der Waals surface area contributed by atoms with Gasteiger partial charge in [-0.2, -0.15) is 0 Å². The normalized spacial score (nSPS) is 14.2. The summed E-state index contributed by atoms with van der Waals surface area (Å²) in [6.07, 6.45) is 7.73. The van der Waals surface area contributed by atoms with Gasteiger partial charge in [0.15, 0.2) is 0 Å². The van der Waals surface area contributed by atoms with Gasteiger partial charge in [0.25, 0.3) is 0 Å². The highest BCUT2D eigenvalue weighted by molar-refractivity contribution is 9.10. The number of methoxy groups -OCH3 is 4. The molecular weight excluding hydrogens is 1040 g/mol. The van der Waals surface area contributed by atoms with E-state index < -0.39 is 10.8 Å². The fourth-order valence-electron chi connectivity index (χ4n) is 11.0. The maximum atomic E-state index is 5.62. The molecule has 8 heteroatoms. The summed E-state index contributed by atoms with van der Waals surface area (Å²) < 4.78 is 24.3. The van der Waals surface area contributed by atoms with E-state index in [0.29, 0.717) is 0 Å². The number of rotatable bonds is 14. The molecule has 0 spiro atoms. The van der Waals surface area contributed by atoms with E-state index in [1.807, 2.05) is 48.5 Å². The van der Waals surface area contributed by atoms with E-state index >= 15 is 0 Å². The maximum absolute atomic E-state index is 5.62. The number of nitrogens with zero attached hydrogens (tertiary/aromatic N) is 2. The predicted octanol–water partition coefficient (Wildman–Crippen LogP) is 16.8. The number of fused-ring (bicyclic) bond motifs is 2. The van der Waals surface area contributed by atoms with Gasteiger partial charge in [0.2, 0.25) is 0 Å². The molecule has 0 aromatic heterocycles. The monoisotopic (exact) mass is 1100 g/mol. The maximum Gasteiger partial charge on any atom is 0.118 e. The van der Waals surface area contributed by atoms with Crippen molar-refractivity contribution < 1.29 is 18.9 Å². The lowest BCUT2D eigenvalue weighted by Gasteiger charge is -2.26. The molecule has 0 saturated heterocycles. The van der Waals surface area contributed by atoms with E-state index in [4.69, 9.17) is 28.9 Å². The lowest BCUT2D eigenvalue weighted by Crippen LogP contribution is -2.29. The van der Waals surface area contributed by atoms with E-state index in [2.05, 4.69) is 190 Å².